The highest BCUT2D eigenvalue weighted by Crippen LogP contribution is 2.25. The van der Waals surface area contributed by atoms with Gasteiger partial charge in [-0.1, -0.05) is 35.9 Å². The molecule has 2 N–H and O–H groups in total. The normalized spacial score (nSPS) is 11.1. The second-order valence-corrected chi connectivity index (χ2v) is 10.0. The summed E-state index contributed by atoms with van der Waals surface area (Å²) in [6, 6.07) is 16.7. The molecular formula is C27H31N3O4S. The Labute approximate surface area is 207 Å². The summed E-state index contributed by atoms with van der Waals surface area (Å²) < 4.78 is 29.0. The molecule has 7 nitrogen and oxygen atoms in total. The molecule has 0 bridgehead atoms. The summed E-state index contributed by atoms with van der Waals surface area (Å²) in [4.78, 5) is 27.7. The van der Waals surface area contributed by atoms with Crippen LogP contribution in [-0.2, 0) is 10.0 Å². The molecule has 3 aromatic rings. The van der Waals surface area contributed by atoms with Crippen molar-refractivity contribution in [3.8, 4) is 0 Å². The summed E-state index contributed by atoms with van der Waals surface area (Å²) in [5, 5.41) is 2.77. The molecule has 0 atom stereocenters. The van der Waals surface area contributed by atoms with Crippen LogP contribution >= 0.6 is 0 Å². The minimum atomic E-state index is -3.94. The highest BCUT2D eigenvalue weighted by Gasteiger charge is 2.22. The van der Waals surface area contributed by atoms with E-state index in [-0.39, 0.29) is 16.4 Å². The summed E-state index contributed by atoms with van der Waals surface area (Å²) in [6.45, 7) is 10.3. The predicted octanol–water partition coefficient (Wildman–Crippen LogP) is 5.15. The number of para-hydroxylation sites is 1. The van der Waals surface area contributed by atoms with Gasteiger partial charge in [0.15, 0.2) is 0 Å². The van der Waals surface area contributed by atoms with Crippen LogP contribution in [0.5, 0.6) is 0 Å². The number of anilines is 2. The third kappa shape index (κ3) is 5.89. The first kappa shape index (κ1) is 26.0. The van der Waals surface area contributed by atoms with E-state index in [1.807, 2.05) is 39.8 Å². The molecule has 0 heterocycles. The average Bonchev–Trinajstić information content (AvgIpc) is 2.82. The number of hydrogen-bond donors (Lipinski definition) is 2. The van der Waals surface area contributed by atoms with Crippen LogP contribution < -0.4 is 10.0 Å². The lowest BCUT2D eigenvalue weighted by Gasteiger charge is -2.20. The van der Waals surface area contributed by atoms with Gasteiger partial charge in [-0.15, -0.1) is 0 Å². The van der Waals surface area contributed by atoms with Crippen LogP contribution in [0, 0.1) is 20.8 Å². The fraction of sp³-hybridized carbons (Fsp3) is 0.259. The van der Waals surface area contributed by atoms with Crippen molar-refractivity contribution in [3.05, 3.63) is 88.5 Å². The lowest BCUT2D eigenvalue weighted by atomic mass is 10.1. The van der Waals surface area contributed by atoms with Gasteiger partial charge in [-0.05, 0) is 76.1 Å². The third-order valence-electron chi connectivity index (χ3n) is 5.82. The van der Waals surface area contributed by atoms with Crippen molar-refractivity contribution in [2.24, 2.45) is 0 Å². The molecule has 0 aliphatic heterocycles. The van der Waals surface area contributed by atoms with Gasteiger partial charge >= 0.3 is 0 Å². The maximum absolute atomic E-state index is 13.2. The average molecular weight is 494 g/mol. The Hall–Kier alpha value is -3.65. The molecular weight excluding hydrogens is 462 g/mol. The van der Waals surface area contributed by atoms with Gasteiger partial charge in [-0.2, -0.15) is 0 Å². The monoisotopic (exact) mass is 493 g/mol. The lowest BCUT2D eigenvalue weighted by molar-refractivity contribution is 0.0774. The number of aryl methyl sites for hydroxylation is 3. The van der Waals surface area contributed by atoms with Gasteiger partial charge < -0.3 is 10.2 Å². The number of nitrogens with one attached hydrogen (secondary N) is 2. The van der Waals surface area contributed by atoms with E-state index in [9.17, 15) is 18.0 Å². The van der Waals surface area contributed by atoms with Crippen LogP contribution in [0.2, 0.25) is 0 Å². The summed E-state index contributed by atoms with van der Waals surface area (Å²) in [6.07, 6.45) is 0. The summed E-state index contributed by atoms with van der Waals surface area (Å²) >= 11 is 0. The fourth-order valence-electron chi connectivity index (χ4n) is 3.81. The molecule has 0 saturated carbocycles. The van der Waals surface area contributed by atoms with E-state index >= 15 is 0 Å². The van der Waals surface area contributed by atoms with Gasteiger partial charge in [0, 0.05) is 18.7 Å². The first-order chi connectivity index (χ1) is 16.6. The minimum absolute atomic E-state index is 0.0117. The van der Waals surface area contributed by atoms with Crippen LogP contribution in [0.25, 0.3) is 0 Å². The van der Waals surface area contributed by atoms with Gasteiger partial charge in [-0.3, -0.25) is 14.3 Å². The lowest BCUT2D eigenvalue weighted by Crippen LogP contribution is -2.31. The molecule has 2 amide bonds. The zero-order valence-corrected chi connectivity index (χ0v) is 21.5. The Bertz CT molecular complexity index is 1360. The minimum Gasteiger partial charge on any atom is -0.339 e. The molecule has 3 aromatic carbocycles. The molecule has 0 spiro atoms. The van der Waals surface area contributed by atoms with Crippen LogP contribution in [0.15, 0.2) is 65.6 Å². The number of sulfonamides is 1. The molecule has 0 aliphatic carbocycles. The van der Waals surface area contributed by atoms with E-state index < -0.39 is 15.9 Å². The summed E-state index contributed by atoms with van der Waals surface area (Å²) in [5.74, 6) is -0.691. The highest BCUT2D eigenvalue weighted by atomic mass is 32.2. The SMILES string of the molecule is CCN(CC)C(=O)c1ccccc1NC(=O)c1ccc(C)c(S(=O)(=O)Nc2ccc(C)cc2C)c1. The smallest absolute Gasteiger partial charge is 0.262 e. The van der Waals surface area contributed by atoms with Gasteiger partial charge in [0.1, 0.15) is 0 Å². The van der Waals surface area contributed by atoms with E-state index in [4.69, 9.17) is 0 Å². The maximum Gasteiger partial charge on any atom is 0.262 e. The Balaban J connectivity index is 1.91. The topological polar surface area (TPSA) is 95.6 Å². The second-order valence-electron chi connectivity index (χ2n) is 8.38. The van der Waals surface area contributed by atoms with Crippen LogP contribution in [0.4, 0.5) is 11.4 Å². The van der Waals surface area contributed by atoms with Gasteiger partial charge in [0.2, 0.25) is 0 Å². The van der Waals surface area contributed by atoms with E-state index in [1.165, 1.54) is 6.07 Å². The van der Waals surface area contributed by atoms with E-state index in [2.05, 4.69) is 10.0 Å². The molecule has 0 fully saturated rings. The number of hydrogen-bond acceptors (Lipinski definition) is 4. The van der Waals surface area contributed by atoms with E-state index in [1.54, 1.807) is 54.3 Å². The quantitative estimate of drug-likeness (QED) is 0.454. The Kier molecular flexibility index (Phi) is 7.96. The first-order valence-electron chi connectivity index (χ1n) is 11.5. The molecule has 3 rings (SSSR count). The molecule has 184 valence electrons. The molecule has 0 aliphatic rings. The maximum atomic E-state index is 13.2. The number of carbonyl (C=O) groups is 2. The molecule has 8 heteroatoms. The number of benzene rings is 3. The second kappa shape index (κ2) is 10.7. The van der Waals surface area contributed by atoms with Crippen molar-refractivity contribution in [1.29, 1.82) is 0 Å². The van der Waals surface area contributed by atoms with Crippen molar-refractivity contribution in [2.75, 3.05) is 23.1 Å². The van der Waals surface area contributed by atoms with Gasteiger partial charge in [0.25, 0.3) is 21.8 Å². The van der Waals surface area contributed by atoms with Crippen molar-refractivity contribution in [1.82, 2.24) is 4.90 Å². The standard InChI is InChI=1S/C27H31N3O4S/c1-6-30(7-2)27(32)22-10-8-9-11-24(22)28-26(31)21-14-13-19(4)25(17-21)35(33,34)29-23-15-12-18(3)16-20(23)5/h8-17,29H,6-7H2,1-5H3,(H,28,31). The van der Waals surface area contributed by atoms with Crippen molar-refractivity contribution in [2.45, 2.75) is 39.5 Å². The van der Waals surface area contributed by atoms with E-state index in [0.717, 1.165) is 11.1 Å². The van der Waals surface area contributed by atoms with Gasteiger partial charge in [0.05, 0.1) is 21.8 Å². The van der Waals surface area contributed by atoms with E-state index in [0.29, 0.717) is 35.6 Å². The first-order valence-corrected chi connectivity index (χ1v) is 13.0. The Morgan fingerprint density at radius 3 is 2.17 bits per heavy atom. The number of amides is 2. The van der Waals surface area contributed by atoms with Crippen LogP contribution in [0.1, 0.15) is 51.3 Å². The number of carbonyl (C=O) groups excluding carboxylic acids is 2. The van der Waals surface area contributed by atoms with Crippen molar-refractivity contribution >= 4 is 33.2 Å². The van der Waals surface area contributed by atoms with Crippen molar-refractivity contribution < 1.29 is 18.0 Å². The molecule has 0 aromatic heterocycles. The third-order valence-corrected chi connectivity index (χ3v) is 7.33. The molecule has 0 saturated heterocycles. The number of rotatable bonds is 8. The molecule has 35 heavy (non-hydrogen) atoms. The number of nitrogens with zero attached hydrogens (tertiary/aromatic N) is 1. The Morgan fingerprint density at radius 1 is 0.829 bits per heavy atom. The largest absolute Gasteiger partial charge is 0.339 e. The van der Waals surface area contributed by atoms with Crippen molar-refractivity contribution in [3.63, 3.8) is 0 Å². The Morgan fingerprint density at radius 2 is 1.51 bits per heavy atom. The predicted molar refractivity (Wildman–Crippen MR) is 140 cm³/mol. The zero-order valence-electron chi connectivity index (χ0n) is 20.7. The van der Waals surface area contributed by atoms with Crippen LogP contribution in [0.3, 0.4) is 0 Å². The highest BCUT2D eigenvalue weighted by molar-refractivity contribution is 7.92. The van der Waals surface area contributed by atoms with Gasteiger partial charge in [-0.25, -0.2) is 8.42 Å². The zero-order chi connectivity index (χ0) is 25.8. The van der Waals surface area contributed by atoms with Crippen LogP contribution in [-0.4, -0.2) is 38.2 Å². The fourth-order valence-corrected chi connectivity index (χ4v) is 5.22. The summed E-state index contributed by atoms with van der Waals surface area (Å²) in [7, 11) is -3.94. The molecule has 0 radical (unpaired) electrons. The summed E-state index contributed by atoms with van der Waals surface area (Å²) in [5.41, 5.74) is 3.73. The molecule has 0 unspecified atom stereocenters.